The molecule has 6 rings (SSSR count). The minimum atomic E-state index is -0.262. The van der Waals surface area contributed by atoms with Gasteiger partial charge in [-0.05, 0) is 73.8 Å². The summed E-state index contributed by atoms with van der Waals surface area (Å²) in [4.78, 5) is 11.4. The van der Waals surface area contributed by atoms with Crippen LogP contribution in [0.25, 0.3) is 28.2 Å². The monoisotopic (exact) mass is 414 g/mol. The van der Waals surface area contributed by atoms with Crippen LogP contribution in [0.15, 0.2) is 60.9 Å². The summed E-state index contributed by atoms with van der Waals surface area (Å²) in [6.07, 6.45) is 6.06. The zero-order chi connectivity index (χ0) is 20.8. The third-order valence-electron chi connectivity index (χ3n) is 6.46. The molecule has 1 aromatic carbocycles. The molecule has 0 unspecified atom stereocenters. The highest BCUT2D eigenvalue weighted by Crippen LogP contribution is 2.34. The predicted octanol–water partition coefficient (Wildman–Crippen LogP) is 3.79. The molecule has 0 spiro atoms. The topological polar surface area (TPSA) is 58.4 Å². The number of pyridine rings is 1. The highest BCUT2D eigenvalue weighted by molar-refractivity contribution is 5.81. The van der Waals surface area contributed by atoms with Crippen LogP contribution < -0.4 is 10.2 Å². The fourth-order valence-electron chi connectivity index (χ4n) is 4.90. The molecule has 4 aromatic rings. The van der Waals surface area contributed by atoms with Crippen LogP contribution in [0.2, 0.25) is 0 Å². The molecule has 2 saturated heterocycles. The minimum absolute atomic E-state index is 0.262. The molecule has 156 valence electrons. The van der Waals surface area contributed by atoms with Gasteiger partial charge in [-0.3, -0.25) is 4.98 Å². The molecule has 2 atom stereocenters. The minimum Gasteiger partial charge on any atom is -0.353 e. The van der Waals surface area contributed by atoms with Crippen molar-refractivity contribution in [3.63, 3.8) is 0 Å². The average Bonchev–Trinajstić information content (AvgIpc) is 3.41. The van der Waals surface area contributed by atoms with Crippen molar-refractivity contribution in [1.82, 2.24) is 24.9 Å². The van der Waals surface area contributed by atoms with E-state index in [2.05, 4.69) is 21.3 Å². The molecule has 0 amide bonds. The molecule has 7 heteroatoms. The Morgan fingerprint density at radius 1 is 0.935 bits per heavy atom. The van der Waals surface area contributed by atoms with Gasteiger partial charge in [-0.25, -0.2) is 13.9 Å². The number of aromatic nitrogens is 4. The first-order valence-corrected chi connectivity index (χ1v) is 10.8. The van der Waals surface area contributed by atoms with E-state index in [9.17, 15) is 4.39 Å². The molecule has 0 bridgehead atoms. The van der Waals surface area contributed by atoms with E-state index in [1.165, 1.54) is 25.0 Å². The Balaban J connectivity index is 1.48. The van der Waals surface area contributed by atoms with Crippen molar-refractivity contribution in [3.05, 3.63) is 66.7 Å². The third-order valence-corrected chi connectivity index (χ3v) is 6.46. The fraction of sp³-hybridized carbons (Fsp3) is 0.292. The molecule has 2 fully saturated rings. The Labute approximate surface area is 179 Å². The average molecular weight is 414 g/mol. The van der Waals surface area contributed by atoms with Crippen molar-refractivity contribution in [2.24, 2.45) is 5.92 Å². The van der Waals surface area contributed by atoms with E-state index in [1.807, 2.05) is 22.7 Å². The van der Waals surface area contributed by atoms with Crippen LogP contribution >= 0.6 is 0 Å². The molecule has 1 N–H and O–H groups in total. The summed E-state index contributed by atoms with van der Waals surface area (Å²) in [5, 5.41) is 8.67. The molecule has 0 aliphatic carbocycles. The highest BCUT2D eigenvalue weighted by atomic mass is 19.1. The van der Waals surface area contributed by atoms with Gasteiger partial charge in [0.15, 0.2) is 5.65 Å². The summed E-state index contributed by atoms with van der Waals surface area (Å²) in [7, 11) is 0. The number of rotatable bonds is 3. The summed E-state index contributed by atoms with van der Waals surface area (Å²) in [6.45, 7) is 3.11. The van der Waals surface area contributed by atoms with Gasteiger partial charge in [0.25, 0.3) is 0 Å². The van der Waals surface area contributed by atoms with E-state index in [4.69, 9.17) is 10.1 Å². The van der Waals surface area contributed by atoms with Crippen molar-refractivity contribution in [1.29, 1.82) is 0 Å². The standard InChI is InChI=1S/C24H23FN6/c25-19-5-3-16(4-6-19)23-24(17-9-12-26-13-10-17)31-21(28-23)7-8-22(29-31)30-14-18-2-1-11-27-20(18)15-30/h3-10,12-13,18,20,27H,1-2,11,14-15H2/t18-,20+/m1/s1. The van der Waals surface area contributed by atoms with Crippen molar-refractivity contribution < 1.29 is 4.39 Å². The number of hydrogen-bond acceptors (Lipinski definition) is 5. The van der Waals surface area contributed by atoms with E-state index in [0.717, 1.165) is 53.6 Å². The SMILES string of the molecule is Fc1ccc(-c2nc3ccc(N4C[C@H]5CCCN[C@H]5C4)nn3c2-c2ccncc2)cc1. The maximum Gasteiger partial charge on any atom is 0.155 e. The van der Waals surface area contributed by atoms with Gasteiger partial charge in [-0.15, -0.1) is 5.10 Å². The largest absolute Gasteiger partial charge is 0.353 e. The lowest BCUT2D eigenvalue weighted by molar-refractivity contribution is 0.340. The summed E-state index contributed by atoms with van der Waals surface area (Å²) in [5.41, 5.74) is 4.28. The summed E-state index contributed by atoms with van der Waals surface area (Å²) < 4.78 is 15.4. The molecule has 31 heavy (non-hydrogen) atoms. The lowest BCUT2D eigenvalue weighted by Crippen LogP contribution is -2.40. The molecule has 2 aliphatic rings. The number of nitrogens with one attached hydrogen (secondary N) is 1. The van der Waals surface area contributed by atoms with Crippen molar-refractivity contribution in [3.8, 4) is 22.5 Å². The lowest BCUT2D eigenvalue weighted by atomic mass is 9.94. The number of anilines is 1. The van der Waals surface area contributed by atoms with Gasteiger partial charge in [0, 0.05) is 42.7 Å². The van der Waals surface area contributed by atoms with Crippen LogP contribution in [0.4, 0.5) is 10.2 Å². The maximum atomic E-state index is 13.5. The molecule has 5 heterocycles. The molecule has 0 radical (unpaired) electrons. The van der Waals surface area contributed by atoms with Crippen LogP contribution in [0.5, 0.6) is 0 Å². The summed E-state index contributed by atoms with van der Waals surface area (Å²) in [6, 6.07) is 15.0. The van der Waals surface area contributed by atoms with Crippen LogP contribution in [0.3, 0.4) is 0 Å². The van der Waals surface area contributed by atoms with Gasteiger partial charge in [-0.2, -0.15) is 0 Å². The molecule has 0 saturated carbocycles. The van der Waals surface area contributed by atoms with E-state index in [-0.39, 0.29) is 5.82 Å². The Bertz CT molecular complexity index is 1210. The van der Waals surface area contributed by atoms with Gasteiger partial charge in [0.1, 0.15) is 17.3 Å². The van der Waals surface area contributed by atoms with Gasteiger partial charge in [0.05, 0.1) is 5.69 Å². The first kappa shape index (κ1) is 18.4. The van der Waals surface area contributed by atoms with Crippen molar-refractivity contribution in [2.45, 2.75) is 18.9 Å². The second-order valence-electron chi connectivity index (χ2n) is 8.38. The lowest BCUT2D eigenvalue weighted by Gasteiger charge is -2.24. The smallest absolute Gasteiger partial charge is 0.155 e. The maximum absolute atomic E-state index is 13.5. The van der Waals surface area contributed by atoms with E-state index in [1.54, 1.807) is 24.5 Å². The molecule has 2 aliphatic heterocycles. The number of fused-ring (bicyclic) bond motifs is 2. The third kappa shape index (κ3) is 3.25. The summed E-state index contributed by atoms with van der Waals surface area (Å²) in [5.74, 6) is 1.38. The Hall–Kier alpha value is -3.32. The Morgan fingerprint density at radius 3 is 2.58 bits per heavy atom. The Kier molecular flexibility index (Phi) is 4.42. The van der Waals surface area contributed by atoms with Crippen LogP contribution in [0.1, 0.15) is 12.8 Å². The number of hydrogen-bond donors (Lipinski definition) is 1. The second kappa shape index (κ2) is 7.42. The number of piperidine rings is 1. The molecular formula is C24H23FN6. The van der Waals surface area contributed by atoms with Gasteiger partial charge >= 0.3 is 0 Å². The molecule has 3 aromatic heterocycles. The van der Waals surface area contributed by atoms with E-state index >= 15 is 0 Å². The first-order chi connectivity index (χ1) is 15.3. The summed E-state index contributed by atoms with van der Waals surface area (Å²) >= 11 is 0. The van der Waals surface area contributed by atoms with Crippen LogP contribution in [-0.4, -0.2) is 45.3 Å². The fourth-order valence-corrected chi connectivity index (χ4v) is 4.90. The van der Waals surface area contributed by atoms with Gasteiger partial charge in [-0.1, -0.05) is 0 Å². The quantitative estimate of drug-likeness (QED) is 0.553. The Morgan fingerprint density at radius 2 is 1.77 bits per heavy atom. The number of benzene rings is 1. The second-order valence-corrected chi connectivity index (χ2v) is 8.38. The zero-order valence-corrected chi connectivity index (χ0v) is 17.1. The molecular weight excluding hydrogens is 391 g/mol. The van der Waals surface area contributed by atoms with E-state index < -0.39 is 0 Å². The predicted molar refractivity (Wildman–Crippen MR) is 118 cm³/mol. The first-order valence-electron chi connectivity index (χ1n) is 10.8. The zero-order valence-electron chi connectivity index (χ0n) is 17.1. The number of nitrogens with zero attached hydrogens (tertiary/aromatic N) is 5. The normalized spacial score (nSPS) is 20.9. The van der Waals surface area contributed by atoms with Crippen LogP contribution in [0, 0.1) is 11.7 Å². The highest BCUT2D eigenvalue weighted by Gasteiger charge is 2.35. The van der Waals surface area contributed by atoms with Gasteiger partial charge in [0.2, 0.25) is 0 Å². The number of imidazole rings is 1. The van der Waals surface area contributed by atoms with Crippen LogP contribution in [-0.2, 0) is 0 Å². The van der Waals surface area contributed by atoms with E-state index in [0.29, 0.717) is 12.0 Å². The van der Waals surface area contributed by atoms with Crippen molar-refractivity contribution >= 4 is 11.5 Å². The number of halogens is 1. The van der Waals surface area contributed by atoms with Crippen molar-refractivity contribution in [2.75, 3.05) is 24.5 Å². The molecule has 6 nitrogen and oxygen atoms in total. The van der Waals surface area contributed by atoms with Gasteiger partial charge < -0.3 is 10.2 Å².